The Bertz CT molecular complexity index is 1400. The van der Waals surface area contributed by atoms with Gasteiger partial charge in [-0.1, -0.05) is 11.8 Å². The molecule has 0 unspecified atom stereocenters. The summed E-state index contributed by atoms with van der Waals surface area (Å²) < 4.78 is 59.8. The van der Waals surface area contributed by atoms with Gasteiger partial charge in [-0.25, -0.2) is 17.6 Å². The normalized spacial score (nSPS) is 15.9. The first-order valence-corrected chi connectivity index (χ1v) is 12.5. The van der Waals surface area contributed by atoms with Gasteiger partial charge in [-0.15, -0.1) is 0 Å². The number of hydrogen-bond donors (Lipinski definition) is 2. The summed E-state index contributed by atoms with van der Waals surface area (Å²) in [7, 11) is 1.50. The van der Waals surface area contributed by atoms with Crippen LogP contribution in [-0.2, 0) is 11.5 Å². The molecule has 0 aliphatic carbocycles. The minimum atomic E-state index is -1.12. The third-order valence-corrected chi connectivity index (χ3v) is 7.36. The number of likely N-dealkylation sites (tertiary alicyclic amines) is 1. The van der Waals surface area contributed by atoms with Crippen molar-refractivity contribution in [3.63, 3.8) is 0 Å². The Balaban J connectivity index is 1.44. The van der Waals surface area contributed by atoms with Crippen LogP contribution in [0.15, 0.2) is 36.5 Å². The fourth-order valence-corrected chi connectivity index (χ4v) is 5.03. The largest absolute Gasteiger partial charge is 0.497 e. The van der Waals surface area contributed by atoms with Gasteiger partial charge >= 0.3 is 5.97 Å². The lowest BCUT2D eigenvalue weighted by Gasteiger charge is -2.38. The van der Waals surface area contributed by atoms with Crippen LogP contribution in [0.25, 0.3) is 10.9 Å². The molecule has 4 rings (SSSR count). The molecule has 1 fully saturated rings. The number of carboxylic acids is 1. The van der Waals surface area contributed by atoms with Crippen molar-refractivity contribution in [3.8, 4) is 17.6 Å². The number of alkyl halides is 1. The highest BCUT2D eigenvalue weighted by Gasteiger charge is 2.41. The molecule has 0 saturated carbocycles. The van der Waals surface area contributed by atoms with E-state index in [0.29, 0.717) is 47.4 Å². The molecule has 39 heavy (non-hydrogen) atoms. The average molecular weight is 545 g/mol. The van der Waals surface area contributed by atoms with E-state index >= 15 is 0 Å². The number of benzene rings is 2. The van der Waals surface area contributed by atoms with E-state index in [-0.39, 0.29) is 37.8 Å². The number of fused-ring (bicyclic) bond motifs is 1. The fourth-order valence-electron chi connectivity index (χ4n) is 5.03. The average Bonchev–Trinajstić information content (AvgIpc) is 2.92. The number of hydrogen-bond acceptors (Lipinski definition) is 5. The van der Waals surface area contributed by atoms with Gasteiger partial charge < -0.3 is 14.9 Å². The van der Waals surface area contributed by atoms with Gasteiger partial charge in [0.2, 0.25) is 0 Å². The molecule has 1 saturated heterocycles. The van der Waals surface area contributed by atoms with E-state index in [1.807, 2.05) is 4.90 Å². The maximum Gasteiger partial charge on any atom is 0.309 e. The molecule has 0 bridgehead atoms. The smallest absolute Gasteiger partial charge is 0.309 e. The van der Waals surface area contributed by atoms with Crippen LogP contribution < -0.4 is 4.74 Å². The van der Waals surface area contributed by atoms with Crippen molar-refractivity contribution in [3.05, 3.63) is 70.7 Å². The summed E-state index contributed by atoms with van der Waals surface area (Å²) in [4.78, 5) is 18.4. The Morgan fingerprint density at radius 3 is 2.49 bits per heavy atom. The van der Waals surface area contributed by atoms with E-state index in [0.717, 1.165) is 0 Å². The molecule has 0 spiro atoms. The van der Waals surface area contributed by atoms with E-state index in [1.54, 1.807) is 18.2 Å². The third kappa shape index (κ3) is 6.15. The van der Waals surface area contributed by atoms with Crippen LogP contribution in [0.5, 0.6) is 5.75 Å². The summed E-state index contributed by atoms with van der Waals surface area (Å²) in [5, 5.41) is 21.7. The van der Waals surface area contributed by atoms with Crippen molar-refractivity contribution in [2.24, 2.45) is 5.41 Å². The van der Waals surface area contributed by atoms with Gasteiger partial charge in [-0.3, -0.25) is 14.7 Å². The maximum atomic E-state index is 13.8. The van der Waals surface area contributed by atoms with Gasteiger partial charge in [-0.2, -0.15) is 0 Å². The van der Waals surface area contributed by atoms with Gasteiger partial charge in [0, 0.05) is 42.4 Å². The van der Waals surface area contributed by atoms with Crippen LogP contribution in [0.1, 0.15) is 48.5 Å². The zero-order valence-electron chi connectivity index (χ0n) is 21.3. The number of aliphatic hydroxyl groups excluding tert-OH is 1. The lowest BCUT2D eigenvalue weighted by atomic mass is 9.74. The molecule has 2 aromatic carbocycles. The molecule has 3 aromatic rings. The minimum Gasteiger partial charge on any atom is -0.497 e. The van der Waals surface area contributed by atoms with Crippen LogP contribution >= 0.6 is 0 Å². The van der Waals surface area contributed by atoms with Gasteiger partial charge in [0.05, 0.1) is 36.3 Å². The van der Waals surface area contributed by atoms with Gasteiger partial charge in [0.25, 0.3) is 0 Å². The van der Waals surface area contributed by atoms with E-state index < -0.39 is 47.2 Å². The number of piperidine rings is 1. The molecule has 0 amide bonds. The van der Waals surface area contributed by atoms with Crippen molar-refractivity contribution in [1.82, 2.24) is 9.88 Å². The number of rotatable bonds is 8. The highest BCUT2D eigenvalue weighted by atomic mass is 19.1. The lowest BCUT2D eigenvalue weighted by Crippen LogP contribution is -2.44. The fraction of sp³-hybridized carbons (Fsp3) is 0.379. The number of aliphatic carboxylic acids is 1. The van der Waals surface area contributed by atoms with Crippen molar-refractivity contribution in [2.45, 2.75) is 38.5 Å². The summed E-state index contributed by atoms with van der Waals surface area (Å²) in [6, 6.07) is 6.22. The predicted octanol–water partition coefficient (Wildman–Crippen LogP) is 5.16. The molecule has 1 aromatic heterocycles. The number of pyridine rings is 1. The van der Waals surface area contributed by atoms with Crippen molar-refractivity contribution >= 4 is 16.9 Å². The molecule has 6 nitrogen and oxygen atoms in total. The molecule has 1 aliphatic heterocycles. The number of methoxy groups -OCH3 is 1. The molecule has 1 atom stereocenters. The molecular weight excluding hydrogens is 516 g/mol. The Morgan fingerprint density at radius 2 is 1.87 bits per heavy atom. The minimum absolute atomic E-state index is 0.0958. The van der Waals surface area contributed by atoms with Crippen LogP contribution in [-0.4, -0.2) is 52.8 Å². The number of carboxylic acid groups (broad SMARTS) is 1. The van der Waals surface area contributed by atoms with Gasteiger partial charge in [0.15, 0.2) is 0 Å². The van der Waals surface area contributed by atoms with Crippen LogP contribution in [0.2, 0.25) is 0 Å². The highest BCUT2D eigenvalue weighted by molar-refractivity contribution is 5.85. The Morgan fingerprint density at radius 1 is 1.18 bits per heavy atom. The number of aromatic nitrogens is 1. The first-order chi connectivity index (χ1) is 18.7. The molecule has 1 aliphatic rings. The van der Waals surface area contributed by atoms with Crippen molar-refractivity contribution in [1.29, 1.82) is 0 Å². The second-order valence-electron chi connectivity index (χ2n) is 9.68. The number of halogens is 4. The quantitative estimate of drug-likeness (QED) is 0.301. The molecule has 2 N–H and O–H groups in total. The molecule has 0 radical (unpaired) electrons. The monoisotopic (exact) mass is 544 g/mol. The van der Waals surface area contributed by atoms with Gasteiger partial charge in [-0.05, 0) is 49.4 Å². The first-order valence-electron chi connectivity index (χ1n) is 12.5. The molecule has 10 heteroatoms. The second kappa shape index (κ2) is 12.0. The standard InChI is InChI=1S/C29H28F4N2O4/c1-39-20-4-5-25-22(15-20)27(18(16-30)17-34-25)26(36)6-7-29(28(37)38)8-11-35(12-9-29)10-2-3-21-23(32)13-19(31)14-24(21)33/h4-5,13-15,17,26,36H,6-12,16H2,1H3,(H,37,38)/t26-/m0/s1. The van der Waals surface area contributed by atoms with E-state index in [9.17, 15) is 32.6 Å². The Kier molecular flexibility index (Phi) is 8.73. The predicted molar refractivity (Wildman–Crippen MR) is 136 cm³/mol. The number of nitrogens with zero attached hydrogens (tertiary/aromatic N) is 2. The van der Waals surface area contributed by atoms with E-state index in [1.165, 1.54) is 13.3 Å². The first kappa shape index (κ1) is 28.3. The van der Waals surface area contributed by atoms with Crippen LogP contribution in [0.3, 0.4) is 0 Å². The number of aliphatic hydroxyl groups is 1. The number of carbonyl (C=O) groups is 1. The van der Waals surface area contributed by atoms with Gasteiger partial charge in [0.1, 0.15) is 29.9 Å². The maximum absolute atomic E-state index is 13.8. The van der Waals surface area contributed by atoms with Crippen LogP contribution in [0.4, 0.5) is 17.6 Å². The molecule has 2 heterocycles. The molecular formula is C29H28F4N2O4. The summed E-state index contributed by atoms with van der Waals surface area (Å²) >= 11 is 0. The second-order valence-corrected chi connectivity index (χ2v) is 9.68. The lowest BCUT2D eigenvalue weighted by molar-refractivity contribution is -0.153. The number of ether oxygens (including phenoxy) is 1. The zero-order chi connectivity index (χ0) is 28.2. The highest BCUT2D eigenvalue weighted by Crippen LogP contribution is 2.40. The zero-order valence-corrected chi connectivity index (χ0v) is 21.3. The summed E-state index contributed by atoms with van der Waals surface area (Å²) in [6.45, 7) is 0.0603. The summed E-state index contributed by atoms with van der Waals surface area (Å²) in [5.41, 5.74) is -0.456. The summed E-state index contributed by atoms with van der Waals surface area (Å²) in [5.74, 6) is 1.41. The molecule has 206 valence electrons. The Labute approximate surface area is 223 Å². The topological polar surface area (TPSA) is 82.9 Å². The van der Waals surface area contributed by atoms with Crippen molar-refractivity contribution in [2.75, 3.05) is 26.7 Å². The SMILES string of the molecule is COc1ccc2ncc(CF)c([C@@H](O)CCC3(C(=O)O)CCN(CC#Cc4c(F)cc(F)cc4F)CC3)c2c1. The van der Waals surface area contributed by atoms with E-state index in [2.05, 4.69) is 16.8 Å². The Hall–Kier alpha value is -3.68. The van der Waals surface area contributed by atoms with Crippen LogP contribution in [0, 0.1) is 34.7 Å². The van der Waals surface area contributed by atoms with Crippen molar-refractivity contribution < 1.29 is 37.3 Å². The van der Waals surface area contributed by atoms with E-state index in [4.69, 9.17) is 4.74 Å². The third-order valence-electron chi connectivity index (χ3n) is 7.36. The summed E-state index contributed by atoms with van der Waals surface area (Å²) in [6.07, 6.45) is 1.07.